The largest absolute Gasteiger partial charge is 0.342 e. The highest BCUT2D eigenvalue weighted by molar-refractivity contribution is 5.80. The Bertz CT molecular complexity index is 590. The Balaban J connectivity index is 1.50. The van der Waals surface area contributed by atoms with Crippen LogP contribution >= 0.6 is 0 Å². The number of carbonyl (C=O) groups is 2. The van der Waals surface area contributed by atoms with E-state index in [0.29, 0.717) is 12.5 Å². The van der Waals surface area contributed by atoms with E-state index >= 15 is 0 Å². The van der Waals surface area contributed by atoms with Gasteiger partial charge in [0, 0.05) is 52.0 Å². The van der Waals surface area contributed by atoms with Gasteiger partial charge in [-0.25, -0.2) is 4.98 Å². The average molecular weight is 332 g/mol. The molecule has 3 heterocycles. The first-order chi connectivity index (χ1) is 11.5. The van der Waals surface area contributed by atoms with Crippen LogP contribution in [0.15, 0.2) is 12.4 Å². The molecule has 2 fully saturated rings. The molecule has 2 aliphatic heterocycles. The number of aryl methyl sites for hydroxylation is 1. The molecule has 0 spiro atoms. The standard InChI is InChI=1S/C18H28N4O2/c1-14-19-7-11-21(14)12-16-5-9-20(10-6-16)18(24)17-4-3-8-22(13-17)15(2)23/h7,11,16-17H,3-6,8-10,12-13H2,1-2H3. The molecule has 3 rings (SSSR count). The predicted molar refractivity (Wildman–Crippen MR) is 91.2 cm³/mol. The monoisotopic (exact) mass is 332 g/mol. The van der Waals surface area contributed by atoms with Crippen molar-refractivity contribution in [3.63, 3.8) is 0 Å². The summed E-state index contributed by atoms with van der Waals surface area (Å²) in [4.78, 5) is 32.4. The van der Waals surface area contributed by atoms with Crippen LogP contribution in [0.2, 0.25) is 0 Å². The summed E-state index contributed by atoms with van der Waals surface area (Å²) in [5.74, 6) is 2.00. The van der Waals surface area contributed by atoms with Gasteiger partial charge in [0.2, 0.25) is 11.8 Å². The SMILES string of the molecule is CC(=O)N1CCCC(C(=O)N2CCC(Cn3ccnc3C)CC2)C1. The van der Waals surface area contributed by atoms with Crippen LogP contribution in [0.5, 0.6) is 0 Å². The summed E-state index contributed by atoms with van der Waals surface area (Å²) in [5.41, 5.74) is 0. The molecule has 132 valence electrons. The second-order valence-corrected chi connectivity index (χ2v) is 7.20. The number of rotatable bonds is 3. The predicted octanol–water partition coefficient (Wildman–Crippen LogP) is 1.69. The number of hydrogen-bond donors (Lipinski definition) is 0. The summed E-state index contributed by atoms with van der Waals surface area (Å²) in [6.45, 7) is 7.70. The number of likely N-dealkylation sites (tertiary alicyclic amines) is 2. The fraction of sp³-hybridized carbons (Fsp3) is 0.722. The van der Waals surface area contributed by atoms with Gasteiger partial charge in [-0.2, -0.15) is 0 Å². The average Bonchev–Trinajstić information content (AvgIpc) is 3.00. The van der Waals surface area contributed by atoms with E-state index in [1.54, 1.807) is 6.92 Å². The highest BCUT2D eigenvalue weighted by atomic mass is 16.2. The van der Waals surface area contributed by atoms with Crippen molar-refractivity contribution >= 4 is 11.8 Å². The minimum atomic E-state index is -0.00454. The van der Waals surface area contributed by atoms with Crippen molar-refractivity contribution in [1.29, 1.82) is 0 Å². The molecule has 1 atom stereocenters. The number of imidazole rings is 1. The van der Waals surface area contributed by atoms with Gasteiger partial charge in [-0.05, 0) is 38.5 Å². The lowest BCUT2D eigenvalue weighted by molar-refractivity contribution is -0.141. The summed E-state index contributed by atoms with van der Waals surface area (Å²) < 4.78 is 2.20. The van der Waals surface area contributed by atoms with Crippen LogP contribution < -0.4 is 0 Å². The minimum absolute atomic E-state index is 0.00454. The summed E-state index contributed by atoms with van der Waals surface area (Å²) >= 11 is 0. The Kier molecular flexibility index (Phi) is 5.21. The van der Waals surface area contributed by atoms with Crippen LogP contribution in [0.4, 0.5) is 0 Å². The highest BCUT2D eigenvalue weighted by Gasteiger charge is 2.32. The van der Waals surface area contributed by atoms with Crippen molar-refractivity contribution in [1.82, 2.24) is 19.4 Å². The van der Waals surface area contributed by atoms with E-state index in [9.17, 15) is 9.59 Å². The van der Waals surface area contributed by atoms with E-state index < -0.39 is 0 Å². The molecule has 0 aromatic carbocycles. The zero-order chi connectivity index (χ0) is 17.1. The Morgan fingerprint density at radius 2 is 1.92 bits per heavy atom. The topological polar surface area (TPSA) is 58.4 Å². The summed E-state index contributed by atoms with van der Waals surface area (Å²) in [6.07, 6.45) is 7.82. The molecule has 1 unspecified atom stereocenters. The summed E-state index contributed by atoms with van der Waals surface area (Å²) in [5, 5.41) is 0. The van der Waals surface area contributed by atoms with Crippen molar-refractivity contribution in [2.24, 2.45) is 11.8 Å². The third kappa shape index (κ3) is 3.79. The lowest BCUT2D eigenvalue weighted by atomic mass is 9.92. The maximum Gasteiger partial charge on any atom is 0.227 e. The van der Waals surface area contributed by atoms with Crippen molar-refractivity contribution in [3.8, 4) is 0 Å². The molecule has 2 saturated heterocycles. The molecule has 24 heavy (non-hydrogen) atoms. The van der Waals surface area contributed by atoms with E-state index in [2.05, 4.69) is 9.55 Å². The third-order valence-corrected chi connectivity index (χ3v) is 5.52. The van der Waals surface area contributed by atoms with Gasteiger partial charge in [-0.1, -0.05) is 0 Å². The molecular formula is C18H28N4O2. The smallest absolute Gasteiger partial charge is 0.227 e. The molecule has 1 aromatic rings. The molecular weight excluding hydrogens is 304 g/mol. The van der Waals surface area contributed by atoms with Crippen LogP contribution in [-0.2, 0) is 16.1 Å². The molecule has 1 aromatic heterocycles. The molecule has 0 bridgehead atoms. The number of hydrogen-bond acceptors (Lipinski definition) is 3. The molecule has 0 saturated carbocycles. The van der Waals surface area contributed by atoms with Gasteiger partial charge in [0.25, 0.3) is 0 Å². The quantitative estimate of drug-likeness (QED) is 0.846. The third-order valence-electron chi connectivity index (χ3n) is 5.52. The number of carbonyl (C=O) groups excluding carboxylic acids is 2. The van der Waals surface area contributed by atoms with Gasteiger partial charge in [-0.3, -0.25) is 9.59 Å². The van der Waals surface area contributed by atoms with Gasteiger partial charge in [0.15, 0.2) is 0 Å². The van der Waals surface area contributed by atoms with Crippen molar-refractivity contribution in [3.05, 3.63) is 18.2 Å². The van der Waals surface area contributed by atoms with Crippen molar-refractivity contribution < 1.29 is 9.59 Å². The number of piperidine rings is 2. The Labute approximate surface area is 143 Å². The molecule has 0 aliphatic carbocycles. The molecule has 6 heteroatoms. The van der Waals surface area contributed by atoms with E-state index in [1.165, 1.54) is 0 Å². The molecule has 0 radical (unpaired) electrons. The lowest BCUT2D eigenvalue weighted by Gasteiger charge is -2.37. The van der Waals surface area contributed by atoms with Crippen LogP contribution in [0.1, 0.15) is 38.4 Å². The van der Waals surface area contributed by atoms with Gasteiger partial charge < -0.3 is 14.4 Å². The minimum Gasteiger partial charge on any atom is -0.342 e. The van der Waals surface area contributed by atoms with E-state index in [0.717, 1.165) is 57.7 Å². The van der Waals surface area contributed by atoms with Gasteiger partial charge in [0.1, 0.15) is 5.82 Å². The second-order valence-electron chi connectivity index (χ2n) is 7.20. The zero-order valence-electron chi connectivity index (χ0n) is 14.8. The van der Waals surface area contributed by atoms with Gasteiger partial charge in [0.05, 0.1) is 5.92 Å². The van der Waals surface area contributed by atoms with Crippen LogP contribution in [0, 0.1) is 18.8 Å². The van der Waals surface area contributed by atoms with E-state index in [4.69, 9.17) is 0 Å². The summed E-state index contributed by atoms with van der Waals surface area (Å²) in [7, 11) is 0. The van der Waals surface area contributed by atoms with Crippen LogP contribution in [0.25, 0.3) is 0 Å². The maximum absolute atomic E-state index is 12.8. The first kappa shape index (κ1) is 17.0. The summed E-state index contributed by atoms with van der Waals surface area (Å²) in [6, 6.07) is 0. The van der Waals surface area contributed by atoms with Crippen molar-refractivity contribution in [2.75, 3.05) is 26.2 Å². The van der Waals surface area contributed by atoms with Crippen LogP contribution in [0.3, 0.4) is 0 Å². The highest BCUT2D eigenvalue weighted by Crippen LogP contribution is 2.24. The fourth-order valence-electron chi connectivity index (χ4n) is 3.93. The molecule has 2 aliphatic rings. The Hall–Kier alpha value is -1.85. The second kappa shape index (κ2) is 7.36. The fourth-order valence-corrected chi connectivity index (χ4v) is 3.93. The molecule has 2 amide bonds. The van der Waals surface area contributed by atoms with Crippen LogP contribution in [-0.4, -0.2) is 57.3 Å². The zero-order valence-corrected chi connectivity index (χ0v) is 14.8. The van der Waals surface area contributed by atoms with E-state index in [1.807, 2.05) is 29.1 Å². The Morgan fingerprint density at radius 3 is 2.54 bits per heavy atom. The van der Waals surface area contributed by atoms with Gasteiger partial charge in [-0.15, -0.1) is 0 Å². The van der Waals surface area contributed by atoms with Gasteiger partial charge >= 0.3 is 0 Å². The van der Waals surface area contributed by atoms with E-state index in [-0.39, 0.29) is 17.7 Å². The number of amides is 2. The van der Waals surface area contributed by atoms with Crippen molar-refractivity contribution in [2.45, 2.75) is 46.1 Å². The first-order valence-corrected chi connectivity index (χ1v) is 9.06. The molecule has 6 nitrogen and oxygen atoms in total. The number of nitrogens with zero attached hydrogens (tertiary/aromatic N) is 4. The Morgan fingerprint density at radius 1 is 1.17 bits per heavy atom. The maximum atomic E-state index is 12.8. The first-order valence-electron chi connectivity index (χ1n) is 9.06. The normalized spacial score (nSPS) is 22.7. The molecule has 0 N–H and O–H groups in total. The lowest BCUT2D eigenvalue weighted by Crippen LogP contribution is -2.48. The number of aromatic nitrogens is 2.